The molecule has 0 saturated carbocycles. The van der Waals surface area contributed by atoms with E-state index in [1.165, 1.54) is 25.6 Å². The highest BCUT2D eigenvalue weighted by atomic mass is 32.2. The van der Waals surface area contributed by atoms with Gasteiger partial charge in [0.1, 0.15) is 36.3 Å². The van der Waals surface area contributed by atoms with Crippen molar-refractivity contribution in [3.63, 3.8) is 0 Å². The molecule has 0 unspecified atom stereocenters. The molecule has 6 amide bonds. The van der Waals surface area contributed by atoms with Crippen molar-refractivity contribution >= 4 is 59.1 Å². The molecule has 0 aromatic heterocycles. The summed E-state index contributed by atoms with van der Waals surface area (Å²) in [6.45, 7) is 6.00. The predicted molar refractivity (Wildman–Crippen MR) is 212 cm³/mol. The Morgan fingerprint density at radius 2 is 1.21 bits per heavy atom. The number of hydrogen-bond acceptors (Lipinski definition) is 12. The molecule has 0 spiro atoms. The highest BCUT2D eigenvalue weighted by molar-refractivity contribution is 7.98. The number of aliphatic hydroxyl groups is 1. The lowest BCUT2D eigenvalue weighted by Crippen LogP contribution is -2.61. The van der Waals surface area contributed by atoms with Gasteiger partial charge in [-0.15, -0.1) is 0 Å². The van der Waals surface area contributed by atoms with Crippen molar-refractivity contribution in [1.82, 2.24) is 31.9 Å². The second-order valence-corrected chi connectivity index (χ2v) is 15.0. The minimum Gasteiger partial charge on any atom is -0.481 e. The summed E-state index contributed by atoms with van der Waals surface area (Å²) in [4.78, 5) is 103. The van der Waals surface area contributed by atoms with Crippen LogP contribution in [-0.4, -0.2) is 130 Å². The van der Waals surface area contributed by atoms with Crippen LogP contribution in [-0.2, 0) is 44.8 Å². The third-order valence-corrected chi connectivity index (χ3v) is 9.43. The zero-order valence-electron chi connectivity index (χ0n) is 33.1. The van der Waals surface area contributed by atoms with Crippen molar-refractivity contribution in [2.24, 2.45) is 17.4 Å². The molecule has 0 radical (unpaired) electrons. The van der Waals surface area contributed by atoms with Crippen LogP contribution < -0.4 is 43.4 Å². The van der Waals surface area contributed by atoms with E-state index in [0.29, 0.717) is 25.1 Å². The zero-order valence-corrected chi connectivity index (χ0v) is 33.9. The van der Waals surface area contributed by atoms with Crippen LogP contribution >= 0.6 is 11.8 Å². The first-order chi connectivity index (χ1) is 26.8. The first-order valence-corrected chi connectivity index (χ1v) is 20.2. The summed E-state index contributed by atoms with van der Waals surface area (Å²) in [5.74, 6) is -7.70. The Hall–Kier alpha value is -4.79. The van der Waals surface area contributed by atoms with E-state index in [1.807, 2.05) is 36.6 Å². The number of carboxylic acids is 2. The monoisotopic (exact) mass is 824 g/mol. The zero-order chi connectivity index (χ0) is 43.2. The first kappa shape index (κ1) is 50.2. The van der Waals surface area contributed by atoms with E-state index < -0.39 is 115 Å². The molecule has 0 aliphatic carbocycles. The molecule has 8 atom stereocenters. The summed E-state index contributed by atoms with van der Waals surface area (Å²) in [7, 11) is 0. The number of carbonyl (C=O) groups excluding carboxylic acids is 6. The quantitative estimate of drug-likeness (QED) is 0.0444. The number of unbranched alkanes of at least 4 members (excludes halogenated alkanes) is 1. The number of nitrogens with one attached hydrogen (secondary N) is 6. The number of aliphatic carboxylic acids is 2. The number of thioether (sulfide) groups is 1. The number of rotatable bonds is 27. The van der Waals surface area contributed by atoms with Gasteiger partial charge < -0.3 is 58.7 Å². The van der Waals surface area contributed by atoms with Crippen molar-refractivity contribution in [2.45, 2.75) is 121 Å². The van der Waals surface area contributed by atoms with Crippen molar-refractivity contribution in [1.29, 1.82) is 0 Å². The lowest BCUT2D eigenvalue weighted by Gasteiger charge is -2.28. The van der Waals surface area contributed by atoms with Gasteiger partial charge in [-0.05, 0) is 82.4 Å². The Morgan fingerprint density at radius 3 is 1.75 bits per heavy atom. The molecule has 0 bridgehead atoms. The second kappa shape index (κ2) is 26.2. The molecular weight excluding hydrogens is 765 g/mol. The van der Waals surface area contributed by atoms with Gasteiger partial charge in [0.25, 0.3) is 0 Å². The number of aliphatic hydroxyl groups excluding tert-OH is 1. The Bertz CT molecular complexity index is 1500. The maximum Gasteiger partial charge on any atom is 0.326 e. The summed E-state index contributed by atoms with van der Waals surface area (Å²) < 4.78 is 0. The van der Waals surface area contributed by atoms with Crippen LogP contribution in [0.4, 0.5) is 0 Å². The van der Waals surface area contributed by atoms with Gasteiger partial charge in [0, 0.05) is 6.42 Å². The Morgan fingerprint density at radius 1 is 0.667 bits per heavy atom. The number of nitrogens with two attached hydrogens (primary N) is 2. The average Bonchev–Trinajstić information content (AvgIpc) is 3.14. The van der Waals surface area contributed by atoms with Crippen LogP contribution in [0, 0.1) is 5.92 Å². The molecule has 0 aliphatic rings. The van der Waals surface area contributed by atoms with Gasteiger partial charge in [-0.1, -0.05) is 44.2 Å². The van der Waals surface area contributed by atoms with Gasteiger partial charge in [0.2, 0.25) is 35.4 Å². The van der Waals surface area contributed by atoms with E-state index in [-0.39, 0.29) is 19.3 Å². The minimum atomic E-state index is -1.62. The number of amides is 6. The fraction of sp³-hybridized carbons (Fsp3) is 0.622. The third-order valence-electron chi connectivity index (χ3n) is 8.78. The summed E-state index contributed by atoms with van der Waals surface area (Å²) in [6, 6.07) is -0.0376. The van der Waals surface area contributed by atoms with Crippen LogP contribution in [0.3, 0.4) is 0 Å². The molecule has 0 fully saturated rings. The standard InChI is InChI=1S/C37H60N8O11S/c1-20(2)29(44-34(52)26(16-18-57-5)41-32(50)24(39)19-23-11-7-6-8-12-23)35(53)42-25(14-15-28(47)48)33(51)40-21(3)31(49)45-30(22(4)46)36(54)43-27(37(55)56)13-9-10-17-38/h6-8,11-12,20-22,24-27,29-30,46H,9-10,13-19,38-39H2,1-5H3,(H,40,51)(H,41,50)(H,42,53)(H,43,54)(H,44,52)(H,45,49)(H,47,48)(H,55,56)/t21-,22+,24-,25-,26-,27-,29-,30-/m0/s1. The average molecular weight is 825 g/mol. The lowest BCUT2D eigenvalue weighted by molar-refractivity contribution is -0.143. The Labute approximate surface area is 337 Å². The van der Waals surface area contributed by atoms with E-state index in [9.17, 15) is 53.7 Å². The number of hydrogen-bond donors (Lipinski definition) is 11. The molecule has 0 heterocycles. The highest BCUT2D eigenvalue weighted by Gasteiger charge is 2.34. The normalized spacial score (nSPS) is 15.3. The van der Waals surface area contributed by atoms with Crippen LogP contribution in [0.2, 0.25) is 0 Å². The fourth-order valence-electron chi connectivity index (χ4n) is 5.41. The first-order valence-electron chi connectivity index (χ1n) is 18.8. The molecule has 13 N–H and O–H groups in total. The van der Waals surface area contributed by atoms with E-state index in [0.717, 1.165) is 5.56 Å². The summed E-state index contributed by atoms with van der Waals surface area (Å²) >= 11 is 1.44. The van der Waals surface area contributed by atoms with Gasteiger partial charge in [0.15, 0.2) is 0 Å². The molecule has 320 valence electrons. The molecule has 1 aromatic carbocycles. The van der Waals surface area contributed by atoms with E-state index in [2.05, 4.69) is 31.9 Å². The van der Waals surface area contributed by atoms with Gasteiger partial charge in [0.05, 0.1) is 12.1 Å². The maximum atomic E-state index is 13.6. The summed E-state index contributed by atoms with van der Waals surface area (Å²) in [6.07, 6.45) is 0.748. The Balaban J connectivity index is 3.09. The summed E-state index contributed by atoms with van der Waals surface area (Å²) in [5, 5.41) is 43.8. The number of carbonyl (C=O) groups is 8. The second-order valence-electron chi connectivity index (χ2n) is 14.0. The molecule has 1 rings (SSSR count). The van der Waals surface area contributed by atoms with Gasteiger partial charge in [-0.25, -0.2) is 4.79 Å². The summed E-state index contributed by atoms with van der Waals surface area (Å²) in [5.41, 5.74) is 12.4. The Kier molecular flexibility index (Phi) is 23.1. The highest BCUT2D eigenvalue weighted by Crippen LogP contribution is 2.10. The predicted octanol–water partition coefficient (Wildman–Crippen LogP) is -1.65. The van der Waals surface area contributed by atoms with Crippen LogP contribution in [0.15, 0.2) is 30.3 Å². The van der Waals surface area contributed by atoms with E-state index in [1.54, 1.807) is 13.8 Å². The van der Waals surface area contributed by atoms with Gasteiger partial charge in [-0.2, -0.15) is 11.8 Å². The van der Waals surface area contributed by atoms with Crippen LogP contribution in [0.25, 0.3) is 0 Å². The fourth-order valence-corrected chi connectivity index (χ4v) is 5.88. The smallest absolute Gasteiger partial charge is 0.326 e. The topological polar surface area (TPSA) is 321 Å². The SMILES string of the molecule is CSCC[C@H](NC(=O)[C@@H](N)Cc1ccccc1)C(=O)N[C@H](C(=O)N[C@@H](CCC(=O)O)C(=O)N[C@@H](C)C(=O)N[C@H](C(=O)N[C@@H](CCCCN)C(=O)O)[C@@H](C)O)C(C)C. The molecule has 19 nitrogen and oxygen atoms in total. The van der Waals surface area contributed by atoms with E-state index in [4.69, 9.17) is 11.5 Å². The van der Waals surface area contributed by atoms with Gasteiger partial charge in [-0.3, -0.25) is 33.6 Å². The maximum absolute atomic E-state index is 13.6. The molecule has 0 aliphatic heterocycles. The molecule has 20 heteroatoms. The molecule has 1 aromatic rings. The van der Waals surface area contributed by atoms with E-state index >= 15 is 0 Å². The minimum absolute atomic E-state index is 0.0507. The molecule has 0 saturated heterocycles. The largest absolute Gasteiger partial charge is 0.481 e. The van der Waals surface area contributed by atoms with Crippen LogP contribution in [0.5, 0.6) is 0 Å². The van der Waals surface area contributed by atoms with Crippen molar-refractivity contribution in [3.05, 3.63) is 35.9 Å². The van der Waals surface area contributed by atoms with Crippen LogP contribution in [0.1, 0.15) is 71.8 Å². The number of carboxylic acid groups (broad SMARTS) is 2. The molecule has 57 heavy (non-hydrogen) atoms. The van der Waals surface area contributed by atoms with Crippen molar-refractivity contribution in [2.75, 3.05) is 18.6 Å². The van der Waals surface area contributed by atoms with Crippen molar-refractivity contribution < 1.29 is 53.7 Å². The number of benzene rings is 1. The van der Waals surface area contributed by atoms with Gasteiger partial charge >= 0.3 is 11.9 Å². The van der Waals surface area contributed by atoms with Crippen molar-refractivity contribution in [3.8, 4) is 0 Å². The molecular formula is C37H60N8O11S. The lowest BCUT2D eigenvalue weighted by atomic mass is 10.0. The third kappa shape index (κ3) is 18.8.